The van der Waals surface area contributed by atoms with Crippen LogP contribution < -0.4 is 16.8 Å². The maximum atomic E-state index is 14.3. The molecule has 0 aliphatic heterocycles. The number of nitrogens with one attached hydrogen (secondary N) is 1. The Labute approximate surface area is 188 Å². The molecule has 0 aliphatic carbocycles. The second-order valence-electron chi connectivity index (χ2n) is 7.33. The number of phenolic OH excluding ortho intramolecular Hbond substituents is 2. The van der Waals surface area contributed by atoms with Gasteiger partial charge < -0.3 is 27.0 Å². The number of carbonyl (C=O) groups excluding carboxylic acids is 1. The number of nitrogen functional groups attached to an aromatic ring is 2. The summed E-state index contributed by atoms with van der Waals surface area (Å²) in [5.41, 5.74) is 2.42. The van der Waals surface area contributed by atoms with E-state index in [2.05, 4.69) is 5.32 Å². The summed E-state index contributed by atoms with van der Waals surface area (Å²) in [4.78, 5) is 12.5. The van der Waals surface area contributed by atoms with Crippen LogP contribution in [0.3, 0.4) is 0 Å². The van der Waals surface area contributed by atoms with Crippen molar-refractivity contribution in [3.63, 3.8) is 0 Å². The highest BCUT2D eigenvalue weighted by Crippen LogP contribution is 2.57. The van der Waals surface area contributed by atoms with E-state index in [-0.39, 0.29) is 11.3 Å². The zero-order chi connectivity index (χ0) is 25.5. The minimum Gasteiger partial charge on any atom is -0.506 e. The van der Waals surface area contributed by atoms with Crippen LogP contribution in [-0.2, 0) is 5.41 Å². The predicted molar refractivity (Wildman–Crippen MR) is 112 cm³/mol. The minimum atomic E-state index is -5.94. The van der Waals surface area contributed by atoms with Crippen molar-refractivity contribution >= 4 is 23.0 Å². The third kappa shape index (κ3) is 4.14. The lowest BCUT2D eigenvalue weighted by Gasteiger charge is -2.38. The highest BCUT2D eigenvalue weighted by Gasteiger charge is 2.72. The molecular weight excluding hydrogens is 468 g/mol. The molecule has 0 unspecified atom stereocenters. The summed E-state index contributed by atoms with van der Waals surface area (Å²) in [5, 5.41) is 21.7. The Morgan fingerprint density at radius 3 is 1.85 bits per heavy atom. The van der Waals surface area contributed by atoms with Gasteiger partial charge >= 0.3 is 12.4 Å². The van der Waals surface area contributed by atoms with Gasteiger partial charge in [0.15, 0.2) is 0 Å². The summed E-state index contributed by atoms with van der Waals surface area (Å²) in [6.07, 6.45) is -11.9. The number of rotatable bonds is 4. The average Bonchev–Trinajstić information content (AvgIpc) is 2.71. The van der Waals surface area contributed by atoms with Crippen LogP contribution in [0, 0.1) is 0 Å². The van der Waals surface area contributed by atoms with E-state index in [0.717, 1.165) is 0 Å². The SMILES string of the molecule is Nc1cccc(C(=O)Nc2cc(C(c3ccc(O)c(N)c3)(C(F)(F)F)C(F)(F)F)ccc2O)c1. The van der Waals surface area contributed by atoms with E-state index in [1.54, 1.807) is 0 Å². The molecule has 0 saturated carbocycles. The number of phenols is 2. The predicted octanol–water partition coefficient (Wildman–Crippen LogP) is 4.93. The number of hydrogen-bond acceptors (Lipinski definition) is 5. The number of halogens is 6. The summed E-state index contributed by atoms with van der Waals surface area (Å²) < 4.78 is 85.8. The molecule has 1 amide bonds. The summed E-state index contributed by atoms with van der Waals surface area (Å²) in [6, 6.07) is 8.25. The molecule has 3 aromatic carbocycles. The van der Waals surface area contributed by atoms with Gasteiger partial charge in [-0.05, 0) is 53.6 Å². The molecule has 0 bridgehead atoms. The maximum Gasteiger partial charge on any atom is 0.411 e. The zero-order valence-electron chi connectivity index (χ0n) is 17.0. The molecule has 34 heavy (non-hydrogen) atoms. The number of alkyl halides is 6. The van der Waals surface area contributed by atoms with Crippen molar-refractivity contribution in [3.05, 3.63) is 77.4 Å². The fourth-order valence-electron chi connectivity index (χ4n) is 3.51. The Morgan fingerprint density at radius 1 is 0.765 bits per heavy atom. The highest BCUT2D eigenvalue weighted by molar-refractivity contribution is 6.05. The Kier molecular flexibility index (Phi) is 6.03. The van der Waals surface area contributed by atoms with E-state index in [0.29, 0.717) is 36.4 Å². The van der Waals surface area contributed by atoms with Crippen LogP contribution >= 0.6 is 0 Å². The molecule has 0 fully saturated rings. The molecule has 0 aromatic heterocycles. The Balaban J connectivity index is 2.23. The second kappa shape index (κ2) is 8.36. The van der Waals surface area contributed by atoms with Crippen molar-refractivity contribution in [1.82, 2.24) is 0 Å². The molecule has 0 atom stereocenters. The van der Waals surface area contributed by atoms with Gasteiger partial charge in [0.1, 0.15) is 11.5 Å². The third-order valence-electron chi connectivity index (χ3n) is 5.14. The highest BCUT2D eigenvalue weighted by atomic mass is 19.4. The molecule has 3 rings (SSSR count). The first-order chi connectivity index (χ1) is 15.7. The number of hydrogen-bond donors (Lipinski definition) is 5. The zero-order valence-corrected chi connectivity index (χ0v) is 17.0. The van der Waals surface area contributed by atoms with E-state index in [4.69, 9.17) is 11.5 Å². The van der Waals surface area contributed by atoms with E-state index >= 15 is 0 Å². The van der Waals surface area contributed by atoms with Crippen molar-refractivity contribution in [1.29, 1.82) is 0 Å². The van der Waals surface area contributed by atoms with Crippen LogP contribution in [0.25, 0.3) is 0 Å². The summed E-state index contributed by atoms with van der Waals surface area (Å²) in [6.45, 7) is 0. The first-order valence-corrected chi connectivity index (χ1v) is 9.41. The number of aromatic hydroxyl groups is 2. The van der Waals surface area contributed by atoms with Crippen LogP contribution in [0.5, 0.6) is 11.5 Å². The quantitative estimate of drug-likeness (QED) is 0.204. The second-order valence-corrected chi connectivity index (χ2v) is 7.33. The van der Waals surface area contributed by atoms with Gasteiger partial charge in [-0.15, -0.1) is 0 Å². The largest absolute Gasteiger partial charge is 0.506 e. The summed E-state index contributed by atoms with van der Waals surface area (Å²) in [5.74, 6) is -2.41. The van der Waals surface area contributed by atoms with E-state index in [1.807, 2.05) is 0 Å². The lowest BCUT2D eigenvalue weighted by Crippen LogP contribution is -2.54. The molecule has 6 nitrogen and oxygen atoms in total. The maximum absolute atomic E-state index is 14.3. The number of amides is 1. The van der Waals surface area contributed by atoms with Crippen LogP contribution in [0.4, 0.5) is 43.4 Å². The molecule has 0 saturated heterocycles. The Hall–Kier alpha value is -4.09. The molecule has 7 N–H and O–H groups in total. The van der Waals surface area contributed by atoms with Crippen molar-refractivity contribution < 1.29 is 41.4 Å². The molecular formula is C22H17F6N3O3. The van der Waals surface area contributed by atoms with Gasteiger partial charge in [0.2, 0.25) is 5.41 Å². The van der Waals surface area contributed by atoms with Crippen LogP contribution in [0.2, 0.25) is 0 Å². The lowest BCUT2D eigenvalue weighted by molar-refractivity contribution is -0.288. The van der Waals surface area contributed by atoms with Gasteiger partial charge in [0.05, 0.1) is 11.4 Å². The van der Waals surface area contributed by atoms with Gasteiger partial charge in [-0.1, -0.05) is 18.2 Å². The number of carbonyl (C=O) groups is 1. The fraction of sp³-hybridized carbons (Fsp3) is 0.136. The number of nitrogens with two attached hydrogens (primary N) is 2. The topological polar surface area (TPSA) is 122 Å². The molecule has 3 aromatic rings. The molecule has 12 heteroatoms. The fourth-order valence-corrected chi connectivity index (χ4v) is 3.51. The van der Waals surface area contributed by atoms with Crippen molar-refractivity contribution in [2.75, 3.05) is 16.8 Å². The van der Waals surface area contributed by atoms with Crippen molar-refractivity contribution in [2.45, 2.75) is 17.8 Å². The van der Waals surface area contributed by atoms with Crippen molar-refractivity contribution in [2.24, 2.45) is 0 Å². The van der Waals surface area contributed by atoms with Gasteiger partial charge in [-0.2, -0.15) is 26.3 Å². The van der Waals surface area contributed by atoms with Crippen LogP contribution in [-0.4, -0.2) is 28.5 Å². The smallest absolute Gasteiger partial charge is 0.411 e. The molecule has 0 radical (unpaired) electrons. The third-order valence-corrected chi connectivity index (χ3v) is 5.14. The van der Waals surface area contributed by atoms with Crippen LogP contribution in [0.15, 0.2) is 60.7 Å². The van der Waals surface area contributed by atoms with Crippen LogP contribution in [0.1, 0.15) is 21.5 Å². The number of anilines is 3. The number of benzene rings is 3. The minimum absolute atomic E-state index is 0.0472. The van der Waals surface area contributed by atoms with Crippen molar-refractivity contribution in [3.8, 4) is 11.5 Å². The van der Waals surface area contributed by atoms with E-state index in [9.17, 15) is 41.4 Å². The molecule has 180 valence electrons. The van der Waals surface area contributed by atoms with Gasteiger partial charge in [0.25, 0.3) is 5.91 Å². The normalized spacial score (nSPS) is 12.4. The van der Waals surface area contributed by atoms with E-state index < -0.39 is 57.7 Å². The summed E-state index contributed by atoms with van der Waals surface area (Å²) >= 11 is 0. The van der Waals surface area contributed by atoms with Gasteiger partial charge in [-0.3, -0.25) is 4.79 Å². The molecule has 0 spiro atoms. The molecule has 0 heterocycles. The lowest BCUT2D eigenvalue weighted by atomic mass is 9.72. The standard InChI is InChI=1S/C22H17F6N3O3/c23-21(24,25)20(22(26,27)28,12-4-6-17(32)15(30)9-12)13-5-7-18(33)16(10-13)31-19(34)11-2-1-3-14(29)8-11/h1-10,32-33H,29-30H2,(H,31,34). The first kappa shape index (κ1) is 24.6. The Morgan fingerprint density at radius 2 is 1.32 bits per heavy atom. The summed E-state index contributed by atoms with van der Waals surface area (Å²) in [7, 11) is 0. The average molecular weight is 485 g/mol. The molecule has 0 aliphatic rings. The first-order valence-electron chi connectivity index (χ1n) is 9.41. The van der Waals surface area contributed by atoms with Gasteiger partial charge in [0, 0.05) is 11.3 Å². The monoisotopic (exact) mass is 485 g/mol. The van der Waals surface area contributed by atoms with Gasteiger partial charge in [-0.25, -0.2) is 0 Å². The Bertz CT molecular complexity index is 1230. The van der Waals surface area contributed by atoms with E-state index in [1.165, 1.54) is 24.3 Å².